The van der Waals surface area contributed by atoms with Gasteiger partial charge < -0.3 is 10.2 Å². The van der Waals surface area contributed by atoms with Crippen LogP contribution in [0, 0.1) is 0 Å². The van der Waals surface area contributed by atoms with Crippen molar-refractivity contribution < 1.29 is 18.0 Å². The molecule has 4 rings (SSSR count). The fraction of sp³-hybridized carbons (Fsp3) is 0.231. The van der Waals surface area contributed by atoms with Crippen LogP contribution in [0.5, 0.6) is 0 Å². The Bertz CT molecular complexity index is 1380. The van der Waals surface area contributed by atoms with Gasteiger partial charge in [-0.3, -0.25) is 13.9 Å². The molecule has 0 bridgehead atoms. The number of hydrogen-bond acceptors (Lipinski definition) is 5. The van der Waals surface area contributed by atoms with Gasteiger partial charge >= 0.3 is 0 Å². The van der Waals surface area contributed by atoms with Gasteiger partial charge in [0.1, 0.15) is 28.3 Å². The average Bonchev–Trinajstić information content (AvgIpc) is 2.91. The zero-order valence-corrected chi connectivity index (χ0v) is 23.9. The summed E-state index contributed by atoms with van der Waals surface area (Å²) >= 11 is 12.3. The van der Waals surface area contributed by atoms with E-state index in [0.29, 0.717) is 64.3 Å². The largest absolute Gasteiger partial charge is 0.369 e. The lowest BCUT2D eigenvalue weighted by molar-refractivity contribution is 0.102. The van der Waals surface area contributed by atoms with Gasteiger partial charge in [0, 0.05) is 66.5 Å². The molecule has 1 N–H and O–H groups in total. The molecule has 0 spiro atoms. The number of amides is 1. The highest BCUT2D eigenvalue weighted by molar-refractivity contribution is 7.85. The van der Waals surface area contributed by atoms with Crippen LogP contribution in [0.2, 0.25) is 10.0 Å². The molecule has 1 amide bonds. The number of carbonyl (C=O) groups excluding carboxylic acids is 2. The van der Waals surface area contributed by atoms with E-state index in [1.807, 2.05) is 16.4 Å². The Morgan fingerprint density at radius 2 is 1.58 bits per heavy atom. The molecule has 1 fully saturated rings. The topological polar surface area (TPSA) is 90.0 Å². The number of nitrogens with one attached hydrogen (secondary N) is 1. The summed E-state index contributed by atoms with van der Waals surface area (Å²) in [4.78, 5) is 27.1. The van der Waals surface area contributed by atoms with Gasteiger partial charge in [0.15, 0.2) is 0 Å². The second-order valence-corrected chi connectivity index (χ2v) is 12.3. The van der Waals surface area contributed by atoms with Crippen LogP contribution < -0.4 is 14.5 Å². The lowest BCUT2D eigenvalue weighted by Gasteiger charge is -2.35. The maximum Gasteiger partial charge on any atom is 0.257 e. The molecule has 2 atom stereocenters. The van der Waals surface area contributed by atoms with Crippen molar-refractivity contribution in [2.75, 3.05) is 54.0 Å². The zero-order chi connectivity index (χ0) is 27.4. The predicted molar refractivity (Wildman–Crippen MR) is 155 cm³/mol. The molecule has 200 valence electrons. The van der Waals surface area contributed by atoms with Gasteiger partial charge in [-0.25, -0.2) is 12.7 Å². The molecule has 1 saturated heterocycles. The van der Waals surface area contributed by atoms with Crippen LogP contribution in [0.4, 0.5) is 17.1 Å². The van der Waals surface area contributed by atoms with Gasteiger partial charge in [0.25, 0.3) is 5.91 Å². The summed E-state index contributed by atoms with van der Waals surface area (Å²) in [5.41, 5.74) is 2.43. The number of piperazine rings is 1. The van der Waals surface area contributed by atoms with E-state index in [0.717, 1.165) is 5.69 Å². The second kappa shape index (κ2) is 12.4. The number of carbonyl (C=O) groups is 2. The van der Waals surface area contributed by atoms with E-state index in [1.165, 1.54) is 16.6 Å². The second-order valence-electron chi connectivity index (χ2n) is 8.59. The first-order chi connectivity index (χ1) is 18.2. The first-order valence-corrected chi connectivity index (χ1v) is 15.0. The van der Waals surface area contributed by atoms with Gasteiger partial charge in [0.2, 0.25) is 0 Å². The molecule has 12 heteroatoms. The van der Waals surface area contributed by atoms with Crippen molar-refractivity contribution in [3.8, 4) is 0 Å². The van der Waals surface area contributed by atoms with Gasteiger partial charge in [-0.1, -0.05) is 23.2 Å². The van der Waals surface area contributed by atoms with Crippen molar-refractivity contribution in [3.05, 3.63) is 81.8 Å². The molecular weight excluding hydrogens is 567 g/mol. The van der Waals surface area contributed by atoms with Crippen molar-refractivity contribution in [2.45, 2.75) is 4.90 Å². The molecule has 0 aliphatic carbocycles. The van der Waals surface area contributed by atoms with Crippen molar-refractivity contribution in [1.29, 1.82) is 0 Å². The predicted octanol–water partition coefficient (Wildman–Crippen LogP) is 4.63. The first kappa shape index (κ1) is 28.3. The van der Waals surface area contributed by atoms with E-state index >= 15 is 0 Å². The Kier molecular flexibility index (Phi) is 9.22. The van der Waals surface area contributed by atoms with E-state index < -0.39 is 27.9 Å². The molecule has 0 saturated carbocycles. The summed E-state index contributed by atoms with van der Waals surface area (Å²) in [7, 11) is -1.11. The van der Waals surface area contributed by atoms with Crippen LogP contribution in [0.15, 0.2) is 65.6 Å². The van der Waals surface area contributed by atoms with Gasteiger partial charge in [0.05, 0.1) is 16.1 Å². The number of rotatable bonds is 8. The van der Waals surface area contributed by atoms with Gasteiger partial charge in [-0.2, -0.15) is 0 Å². The third-order valence-electron chi connectivity index (χ3n) is 6.13. The molecular formula is C26H26Cl2N4O4S2. The van der Waals surface area contributed by atoms with E-state index in [4.69, 9.17) is 23.2 Å². The van der Waals surface area contributed by atoms with Crippen LogP contribution in [-0.4, -0.2) is 64.4 Å². The minimum Gasteiger partial charge on any atom is -0.369 e. The smallest absolute Gasteiger partial charge is 0.257 e. The zero-order valence-electron chi connectivity index (χ0n) is 20.7. The summed E-state index contributed by atoms with van der Waals surface area (Å²) < 4.78 is 28.5. The normalized spacial score (nSPS) is 15.5. The van der Waals surface area contributed by atoms with E-state index in [-0.39, 0.29) is 5.56 Å². The lowest BCUT2D eigenvalue weighted by atomic mass is 10.1. The SMILES string of the molecule is CN(c1ccc(C=O)cc1C(=O)Nc1ccc(S(=O)N2CCN(c3cc(Cl)cc(Cl)c3)CC2)cc1)S(C)=O. The Hall–Kier alpha value is -2.76. The Balaban J connectivity index is 1.41. The summed E-state index contributed by atoms with van der Waals surface area (Å²) in [6.07, 6.45) is 2.15. The van der Waals surface area contributed by atoms with Crippen molar-refractivity contribution in [3.63, 3.8) is 0 Å². The van der Waals surface area contributed by atoms with Crippen molar-refractivity contribution in [2.24, 2.45) is 0 Å². The minimum atomic E-state index is -1.36. The van der Waals surface area contributed by atoms with Crippen LogP contribution in [0.3, 0.4) is 0 Å². The molecule has 0 radical (unpaired) electrons. The highest BCUT2D eigenvalue weighted by Gasteiger charge is 2.23. The Morgan fingerprint density at radius 3 is 2.16 bits per heavy atom. The fourth-order valence-electron chi connectivity index (χ4n) is 4.06. The van der Waals surface area contributed by atoms with Crippen LogP contribution >= 0.6 is 23.2 Å². The number of nitrogens with zero attached hydrogens (tertiary/aromatic N) is 3. The van der Waals surface area contributed by atoms with Crippen LogP contribution in [0.1, 0.15) is 20.7 Å². The standard InChI is InChI=1S/C26H26Cl2N4O4S2/c1-30(37(2)35)25-8-3-18(17-33)13-24(25)26(34)29-21-4-6-23(7-5-21)38(36)32-11-9-31(10-12-32)22-15-19(27)14-20(28)16-22/h3-8,13-17H,9-12H2,1-2H3,(H,29,34). The summed E-state index contributed by atoms with van der Waals surface area (Å²) in [5, 5.41) is 3.95. The van der Waals surface area contributed by atoms with Crippen molar-refractivity contribution >= 4 is 74.4 Å². The number of halogens is 2. The van der Waals surface area contributed by atoms with E-state index in [2.05, 4.69) is 10.2 Å². The molecule has 3 aromatic carbocycles. The Morgan fingerprint density at radius 1 is 0.947 bits per heavy atom. The monoisotopic (exact) mass is 592 g/mol. The third-order valence-corrected chi connectivity index (χ3v) is 9.04. The third kappa shape index (κ3) is 6.62. The molecule has 3 aromatic rings. The minimum absolute atomic E-state index is 0.221. The first-order valence-electron chi connectivity index (χ1n) is 11.6. The van der Waals surface area contributed by atoms with Crippen molar-refractivity contribution in [1.82, 2.24) is 4.31 Å². The molecule has 8 nitrogen and oxygen atoms in total. The van der Waals surface area contributed by atoms with E-state index in [1.54, 1.807) is 49.5 Å². The Labute approximate surface area is 236 Å². The molecule has 1 aliphatic heterocycles. The quantitative estimate of drug-likeness (QED) is 0.385. The average molecular weight is 594 g/mol. The number of benzene rings is 3. The molecule has 0 aromatic heterocycles. The van der Waals surface area contributed by atoms with E-state index in [9.17, 15) is 18.0 Å². The number of aldehydes is 1. The van der Waals surface area contributed by atoms with Crippen LogP contribution in [-0.2, 0) is 22.0 Å². The number of hydrogen-bond donors (Lipinski definition) is 1. The summed E-state index contributed by atoms with van der Waals surface area (Å²) in [6.45, 7) is 2.54. The fourth-order valence-corrected chi connectivity index (χ4v) is 6.17. The molecule has 1 heterocycles. The van der Waals surface area contributed by atoms with Gasteiger partial charge in [-0.15, -0.1) is 0 Å². The molecule has 38 heavy (non-hydrogen) atoms. The summed E-state index contributed by atoms with van der Waals surface area (Å²) in [5.74, 6) is -0.452. The lowest BCUT2D eigenvalue weighted by Crippen LogP contribution is -2.46. The van der Waals surface area contributed by atoms with Crippen LogP contribution in [0.25, 0.3) is 0 Å². The highest BCUT2D eigenvalue weighted by Crippen LogP contribution is 2.27. The molecule has 1 aliphatic rings. The summed E-state index contributed by atoms with van der Waals surface area (Å²) in [6, 6.07) is 16.8. The maximum atomic E-state index is 13.2. The molecule has 2 unspecified atom stereocenters. The number of anilines is 3. The maximum absolute atomic E-state index is 13.2. The highest BCUT2D eigenvalue weighted by atomic mass is 35.5. The van der Waals surface area contributed by atoms with Gasteiger partial charge in [-0.05, 0) is 60.7 Å².